The zero-order valence-electron chi connectivity index (χ0n) is 15.5. The van der Waals surface area contributed by atoms with Gasteiger partial charge in [-0.2, -0.15) is 0 Å². The van der Waals surface area contributed by atoms with Crippen molar-refractivity contribution in [1.82, 2.24) is 14.9 Å². The average molecular weight is 367 g/mol. The van der Waals surface area contributed by atoms with Crippen molar-refractivity contribution in [3.05, 3.63) is 48.2 Å². The van der Waals surface area contributed by atoms with E-state index in [1.54, 1.807) is 17.3 Å². The fourth-order valence-electron chi connectivity index (χ4n) is 3.45. The lowest BCUT2D eigenvalue weighted by Crippen LogP contribution is -2.44. The van der Waals surface area contributed by atoms with Crippen LogP contribution in [0.15, 0.2) is 41.1 Å². The van der Waals surface area contributed by atoms with Gasteiger partial charge < -0.3 is 9.32 Å². The summed E-state index contributed by atoms with van der Waals surface area (Å²) >= 11 is 0. The molecule has 0 aliphatic carbocycles. The maximum atomic E-state index is 13.9. The summed E-state index contributed by atoms with van der Waals surface area (Å²) in [5.41, 5.74) is 1.62. The minimum atomic E-state index is -0.944. The predicted octanol–water partition coefficient (Wildman–Crippen LogP) is 3.95. The van der Waals surface area contributed by atoms with Crippen molar-refractivity contribution >= 4 is 16.7 Å². The van der Waals surface area contributed by atoms with Gasteiger partial charge in [0.1, 0.15) is 6.17 Å². The molecule has 1 aromatic carbocycles. The Bertz CT molecular complexity index is 984. The molecule has 1 aliphatic heterocycles. The number of carbonyl (C=O) groups is 1. The standard InChI is InChI=1S/C21H22FN3O2/c1-13-5-6-25(12-19(13)22)21(26)9-18-8-17-7-15(3-4-16(17)10-24-18)20-11-23-14(2)27-20/h3-4,7-8,10-11,13,19H,5-6,9,12H2,1-2H3/t13-,19-/m1/s1. The Kier molecular flexibility index (Phi) is 4.64. The Hall–Kier alpha value is -2.76. The monoisotopic (exact) mass is 367 g/mol. The highest BCUT2D eigenvalue weighted by atomic mass is 19.1. The topological polar surface area (TPSA) is 59.2 Å². The molecule has 4 rings (SSSR count). The number of piperidine rings is 1. The SMILES string of the molecule is Cc1ncc(-c2ccc3cnc(CC(=O)N4CC[C@@H](C)[C@H](F)C4)cc3c2)o1. The molecule has 5 nitrogen and oxygen atoms in total. The van der Waals surface area contributed by atoms with E-state index in [4.69, 9.17) is 4.42 Å². The fraction of sp³-hybridized carbons (Fsp3) is 0.381. The molecule has 6 heteroatoms. The highest BCUT2D eigenvalue weighted by Crippen LogP contribution is 2.26. The van der Waals surface area contributed by atoms with Gasteiger partial charge in [0.05, 0.1) is 24.9 Å². The molecule has 140 valence electrons. The van der Waals surface area contributed by atoms with E-state index in [2.05, 4.69) is 9.97 Å². The summed E-state index contributed by atoms with van der Waals surface area (Å²) in [5, 5.41) is 1.97. The number of halogens is 1. The zero-order chi connectivity index (χ0) is 19.0. The fourth-order valence-corrected chi connectivity index (χ4v) is 3.45. The van der Waals surface area contributed by atoms with Crippen LogP contribution in [0.2, 0.25) is 0 Å². The van der Waals surface area contributed by atoms with E-state index in [1.807, 2.05) is 38.1 Å². The Labute approximate surface area is 157 Å². The Morgan fingerprint density at radius 3 is 2.85 bits per heavy atom. The molecule has 0 unspecified atom stereocenters. The number of carbonyl (C=O) groups excluding carboxylic acids is 1. The number of hydrogen-bond donors (Lipinski definition) is 0. The molecule has 0 radical (unpaired) electrons. The van der Waals surface area contributed by atoms with Gasteiger partial charge in [0.15, 0.2) is 11.7 Å². The van der Waals surface area contributed by atoms with Gasteiger partial charge in [-0.25, -0.2) is 9.37 Å². The summed E-state index contributed by atoms with van der Waals surface area (Å²) in [5.74, 6) is 1.28. The van der Waals surface area contributed by atoms with E-state index in [-0.39, 0.29) is 24.8 Å². The second-order valence-electron chi connectivity index (χ2n) is 7.28. The molecular formula is C21H22FN3O2. The normalized spacial score (nSPS) is 20.2. The third kappa shape index (κ3) is 3.70. The van der Waals surface area contributed by atoms with E-state index >= 15 is 0 Å². The molecule has 0 spiro atoms. The largest absolute Gasteiger partial charge is 0.441 e. The van der Waals surface area contributed by atoms with Gasteiger partial charge in [-0.15, -0.1) is 0 Å². The van der Waals surface area contributed by atoms with Crippen LogP contribution in [-0.2, 0) is 11.2 Å². The van der Waals surface area contributed by atoms with Crippen molar-refractivity contribution in [2.24, 2.45) is 5.92 Å². The molecule has 3 aromatic rings. The molecule has 1 saturated heterocycles. The summed E-state index contributed by atoms with van der Waals surface area (Å²) in [6.07, 6.45) is 3.41. The number of fused-ring (bicyclic) bond motifs is 1. The maximum Gasteiger partial charge on any atom is 0.228 e. The quantitative estimate of drug-likeness (QED) is 0.703. The molecule has 1 fully saturated rings. The minimum Gasteiger partial charge on any atom is -0.441 e. The van der Waals surface area contributed by atoms with Crippen LogP contribution in [-0.4, -0.2) is 40.0 Å². The zero-order valence-corrected chi connectivity index (χ0v) is 15.5. The molecule has 2 aromatic heterocycles. The van der Waals surface area contributed by atoms with Crippen LogP contribution in [0, 0.1) is 12.8 Å². The van der Waals surface area contributed by atoms with Gasteiger partial charge in [0, 0.05) is 30.6 Å². The molecule has 1 aliphatic rings. The Balaban J connectivity index is 1.54. The molecule has 0 N–H and O–H groups in total. The Morgan fingerprint density at radius 1 is 1.26 bits per heavy atom. The van der Waals surface area contributed by atoms with E-state index < -0.39 is 6.17 Å². The molecule has 27 heavy (non-hydrogen) atoms. The lowest BCUT2D eigenvalue weighted by Gasteiger charge is -2.33. The van der Waals surface area contributed by atoms with Gasteiger partial charge in [0.2, 0.25) is 5.91 Å². The van der Waals surface area contributed by atoms with Crippen LogP contribution in [0.1, 0.15) is 24.9 Å². The summed E-state index contributed by atoms with van der Waals surface area (Å²) in [4.78, 5) is 22.7. The number of nitrogens with zero attached hydrogens (tertiary/aromatic N) is 3. The van der Waals surface area contributed by atoms with E-state index in [1.165, 1.54) is 0 Å². The second-order valence-corrected chi connectivity index (χ2v) is 7.28. The molecule has 0 bridgehead atoms. The van der Waals surface area contributed by atoms with Gasteiger partial charge in [-0.05, 0) is 29.9 Å². The number of likely N-dealkylation sites (tertiary alicyclic amines) is 1. The summed E-state index contributed by atoms with van der Waals surface area (Å²) < 4.78 is 19.5. The van der Waals surface area contributed by atoms with Gasteiger partial charge in [0.25, 0.3) is 0 Å². The number of benzene rings is 1. The summed E-state index contributed by atoms with van der Waals surface area (Å²) in [6, 6.07) is 7.86. The van der Waals surface area contributed by atoms with Crippen molar-refractivity contribution in [1.29, 1.82) is 0 Å². The first-order valence-corrected chi connectivity index (χ1v) is 9.23. The van der Waals surface area contributed by atoms with Crippen molar-refractivity contribution in [3.8, 4) is 11.3 Å². The van der Waals surface area contributed by atoms with Crippen LogP contribution < -0.4 is 0 Å². The van der Waals surface area contributed by atoms with Crippen molar-refractivity contribution in [2.75, 3.05) is 13.1 Å². The van der Waals surface area contributed by atoms with Crippen LogP contribution in [0.4, 0.5) is 4.39 Å². The summed E-state index contributed by atoms with van der Waals surface area (Å²) in [6.45, 7) is 4.50. The van der Waals surface area contributed by atoms with Crippen molar-refractivity contribution in [2.45, 2.75) is 32.9 Å². The second kappa shape index (κ2) is 7.10. The Morgan fingerprint density at radius 2 is 2.11 bits per heavy atom. The van der Waals surface area contributed by atoms with Gasteiger partial charge in [-0.3, -0.25) is 9.78 Å². The number of alkyl halides is 1. The highest BCUT2D eigenvalue weighted by Gasteiger charge is 2.28. The van der Waals surface area contributed by atoms with Crippen molar-refractivity contribution < 1.29 is 13.6 Å². The van der Waals surface area contributed by atoms with E-state index in [0.29, 0.717) is 30.3 Å². The minimum absolute atomic E-state index is 0.0194. The third-order valence-corrected chi connectivity index (χ3v) is 5.24. The lowest BCUT2D eigenvalue weighted by molar-refractivity contribution is -0.133. The molecule has 1 amide bonds. The molecular weight excluding hydrogens is 345 g/mol. The molecule has 3 heterocycles. The first kappa shape index (κ1) is 17.6. The average Bonchev–Trinajstić information content (AvgIpc) is 3.09. The number of pyridine rings is 1. The van der Waals surface area contributed by atoms with E-state index in [9.17, 15) is 9.18 Å². The van der Waals surface area contributed by atoms with Gasteiger partial charge >= 0.3 is 0 Å². The predicted molar refractivity (Wildman–Crippen MR) is 101 cm³/mol. The number of aryl methyl sites for hydroxylation is 1. The van der Waals surface area contributed by atoms with Gasteiger partial charge in [-0.1, -0.05) is 19.1 Å². The maximum absolute atomic E-state index is 13.9. The number of amides is 1. The third-order valence-electron chi connectivity index (χ3n) is 5.24. The number of aromatic nitrogens is 2. The smallest absolute Gasteiger partial charge is 0.228 e. The van der Waals surface area contributed by atoms with Crippen LogP contribution >= 0.6 is 0 Å². The highest BCUT2D eigenvalue weighted by molar-refractivity contribution is 5.87. The van der Waals surface area contributed by atoms with Crippen molar-refractivity contribution in [3.63, 3.8) is 0 Å². The first-order valence-electron chi connectivity index (χ1n) is 9.23. The lowest BCUT2D eigenvalue weighted by atomic mass is 9.97. The molecule has 2 atom stereocenters. The number of rotatable bonds is 3. The first-order chi connectivity index (χ1) is 13.0. The van der Waals surface area contributed by atoms with Crippen LogP contribution in [0.3, 0.4) is 0 Å². The number of hydrogen-bond acceptors (Lipinski definition) is 4. The van der Waals surface area contributed by atoms with E-state index in [0.717, 1.165) is 16.3 Å². The summed E-state index contributed by atoms with van der Waals surface area (Å²) in [7, 11) is 0. The van der Waals surface area contributed by atoms with Crippen LogP contribution in [0.25, 0.3) is 22.1 Å². The molecule has 0 saturated carbocycles. The number of oxazole rings is 1. The van der Waals surface area contributed by atoms with Crippen LogP contribution in [0.5, 0.6) is 0 Å².